The van der Waals surface area contributed by atoms with Crippen LogP contribution in [0.1, 0.15) is 20.3 Å². The summed E-state index contributed by atoms with van der Waals surface area (Å²) < 4.78 is 0. The minimum atomic E-state index is -0.940. The van der Waals surface area contributed by atoms with Gasteiger partial charge >= 0.3 is 5.97 Å². The molecule has 0 aromatic heterocycles. The fourth-order valence-electron chi connectivity index (χ4n) is 1.01. The van der Waals surface area contributed by atoms with Crippen molar-refractivity contribution in [1.82, 2.24) is 10.8 Å². The molecule has 0 rings (SSSR count). The lowest BCUT2D eigenvalue weighted by atomic mass is 10.0. The molecule has 0 fully saturated rings. The number of hydrogen-bond acceptors (Lipinski definition) is 4. The average molecular weight is 204 g/mol. The van der Waals surface area contributed by atoms with Crippen LogP contribution < -0.4 is 10.8 Å². The number of hydrogen-bond donors (Lipinski definition) is 4. The Balaban J connectivity index is 3.84. The Bertz CT molecular complexity index is 206. The number of amides is 1. The van der Waals surface area contributed by atoms with Crippen molar-refractivity contribution in [3.63, 3.8) is 0 Å². The highest BCUT2D eigenvalue weighted by Crippen LogP contribution is 2.01. The molecule has 0 saturated carbocycles. The zero-order valence-corrected chi connectivity index (χ0v) is 8.28. The number of rotatable bonds is 6. The van der Waals surface area contributed by atoms with Crippen molar-refractivity contribution in [3.8, 4) is 0 Å². The summed E-state index contributed by atoms with van der Waals surface area (Å²) in [4.78, 5) is 21.3. The first-order chi connectivity index (χ1) is 6.49. The minimum absolute atomic E-state index is 0.0486. The van der Waals surface area contributed by atoms with Gasteiger partial charge in [-0.3, -0.25) is 14.8 Å². The van der Waals surface area contributed by atoms with E-state index < -0.39 is 17.9 Å². The van der Waals surface area contributed by atoms with Crippen LogP contribution in [-0.2, 0) is 9.59 Å². The van der Waals surface area contributed by atoms with E-state index in [2.05, 4.69) is 5.32 Å². The summed E-state index contributed by atoms with van der Waals surface area (Å²) in [5.41, 5.74) is 1.47. The molecule has 6 heteroatoms. The predicted molar refractivity (Wildman–Crippen MR) is 48.8 cm³/mol. The summed E-state index contributed by atoms with van der Waals surface area (Å²) in [6.07, 6.45) is 0.0486. The maximum atomic E-state index is 10.7. The molecule has 1 atom stereocenters. The van der Waals surface area contributed by atoms with Gasteiger partial charge in [-0.2, -0.15) is 0 Å². The maximum Gasteiger partial charge on any atom is 0.320 e. The molecular formula is C8H16N2O4. The molecule has 0 aromatic carbocycles. The van der Waals surface area contributed by atoms with Gasteiger partial charge in [-0.05, 0) is 5.92 Å². The summed E-state index contributed by atoms with van der Waals surface area (Å²) in [5, 5.41) is 19.6. The number of carboxylic acid groups (broad SMARTS) is 1. The normalized spacial score (nSPS) is 12.6. The second kappa shape index (κ2) is 6.33. The van der Waals surface area contributed by atoms with E-state index in [1.807, 2.05) is 0 Å². The van der Waals surface area contributed by atoms with Gasteiger partial charge in [0.05, 0.1) is 0 Å². The van der Waals surface area contributed by atoms with Gasteiger partial charge in [0.15, 0.2) is 0 Å². The molecule has 4 N–H and O–H groups in total. The van der Waals surface area contributed by atoms with Gasteiger partial charge in [-0.1, -0.05) is 13.8 Å². The molecule has 14 heavy (non-hydrogen) atoms. The largest absolute Gasteiger partial charge is 0.480 e. The fourth-order valence-corrected chi connectivity index (χ4v) is 1.01. The van der Waals surface area contributed by atoms with Crippen molar-refractivity contribution in [2.45, 2.75) is 26.3 Å². The zero-order valence-electron chi connectivity index (χ0n) is 8.28. The molecule has 0 radical (unpaired) electrons. The topological polar surface area (TPSA) is 98.7 Å². The van der Waals surface area contributed by atoms with Crippen LogP contribution in [0.3, 0.4) is 0 Å². The van der Waals surface area contributed by atoms with Gasteiger partial charge in [0, 0.05) is 13.0 Å². The zero-order chi connectivity index (χ0) is 11.1. The van der Waals surface area contributed by atoms with Crippen LogP contribution in [0.5, 0.6) is 0 Å². The molecule has 1 amide bonds. The number of hydroxylamine groups is 1. The molecule has 0 aliphatic heterocycles. The summed E-state index contributed by atoms with van der Waals surface area (Å²) in [5.74, 6) is -1.53. The lowest BCUT2D eigenvalue weighted by Gasteiger charge is -2.17. The number of carboxylic acids is 1. The molecule has 0 bridgehead atoms. The van der Waals surface area contributed by atoms with Crippen LogP contribution in [0.25, 0.3) is 0 Å². The summed E-state index contributed by atoms with van der Waals surface area (Å²) in [6.45, 7) is 3.78. The van der Waals surface area contributed by atoms with Crippen LogP contribution in [0.2, 0.25) is 0 Å². The summed E-state index contributed by atoms with van der Waals surface area (Å²) >= 11 is 0. The van der Waals surface area contributed by atoms with E-state index in [1.54, 1.807) is 13.8 Å². The molecule has 0 heterocycles. The molecule has 0 spiro atoms. The van der Waals surface area contributed by atoms with E-state index in [0.717, 1.165) is 0 Å². The molecular weight excluding hydrogens is 188 g/mol. The third-order valence-electron chi connectivity index (χ3n) is 1.77. The van der Waals surface area contributed by atoms with E-state index in [4.69, 9.17) is 10.3 Å². The molecule has 82 valence electrons. The third-order valence-corrected chi connectivity index (χ3v) is 1.77. The van der Waals surface area contributed by atoms with Crippen molar-refractivity contribution < 1.29 is 19.9 Å². The van der Waals surface area contributed by atoms with E-state index in [0.29, 0.717) is 0 Å². The minimum Gasteiger partial charge on any atom is -0.480 e. The highest BCUT2D eigenvalue weighted by molar-refractivity contribution is 5.75. The Morgan fingerprint density at radius 2 is 1.93 bits per heavy atom. The van der Waals surface area contributed by atoms with E-state index >= 15 is 0 Å². The number of aliphatic carboxylic acids is 1. The van der Waals surface area contributed by atoms with Crippen molar-refractivity contribution in [3.05, 3.63) is 0 Å². The van der Waals surface area contributed by atoms with E-state index in [9.17, 15) is 9.59 Å². The Morgan fingerprint density at radius 1 is 1.36 bits per heavy atom. The summed E-state index contributed by atoms with van der Waals surface area (Å²) in [6, 6.07) is -0.665. The quantitative estimate of drug-likeness (QED) is 0.348. The Morgan fingerprint density at radius 3 is 2.29 bits per heavy atom. The first kappa shape index (κ1) is 12.9. The number of carbonyl (C=O) groups is 2. The fraction of sp³-hybridized carbons (Fsp3) is 0.750. The van der Waals surface area contributed by atoms with E-state index in [-0.39, 0.29) is 18.9 Å². The number of carbonyl (C=O) groups excluding carboxylic acids is 1. The van der Waals surface area contributed by atoms with Gasteiger partial charge in [-0.15, -0.1) is 0 Å². The van der Waals surface area contributed by atoms with Gasteiger partial charge in [-0.25, -0.2) is 5.48 Å². The molecule has 0 aliphatic rings. The highest BCUT2D eigenvalue weighted by Gasteiger charge is 2.20. The summed E-state index contributed by atoms with van der Waals surface area (Å²) in [7, 11) is 0. The van der Waals surface area contributed by atoms with Crippen molar-refractivity contribution >= 4 is 11.9 Å². The molecule has 6 nitrogen and oxygen atoms in total. The lowest BCUT2D eigenvalue weighted by Crippen LogP contribution is -2.42. The van der Waals surface area contributed by atoms with Crippen LogP contribution in [0.15, 0.2) is 0 Å². The van der Waals surface area contributed by atoms with Gasteiger partial charge in [0.1, 0.15) is 6.04 Å². The standard InChI is InChI=1S/C8H16N2O4/c1-5(2)7(8(12)13)9-4-3-6(11)10-14/h5,7,9,14H,3-4H2,1-2H3,(H,10,11)(H,12,13)/t7-/m0/s1. The van der Waals surface area contributed by atoms with Crippen LogP contribution in [-0.4, -0.2) is 34.8 Å². The smallest absolute Gasteiger partial charge is 0.320 e. The average Bonchev–Trinajstić information content (AvgIpc) is 2.10. The lowest BCUT2D eigenvalue weighted by molar-refractivity contribution is -0.141. The maximum absolute atomic E-state index is 10.7. The van der Waals surface area contributed by atoms with Crippen LogP contribution in [0, 0.1) is 5.92 Å². The van der Waals surface area contributed by atoms with Gasteiger partial charge in [0.2, 0.25) is 5.91 Å². The Kier molecular flexibility index (Phi) is 5.82. The van der Waals surface area contributed by atoms with Crippen LogP contribution >= 0.6 is 0 Å². The molecule has 0 aliphatic carbocycles. The molecule has 0 unspecified atom stereocenters. The van der Waals surface area contributed by atoms with Crippen molar-refractivity contribution in [2.75, 3.05) is 6.54 Å². The molecule has 0 aromatic rings. The van der Waals surface area contributed by atoms with Crippen LogP contribution in [0.4, 0.5) is 0 Å². The highest BCUT2D eigenvalue weighted by atomic mass is 16.5. The number of nitrogens with one attached hydrogen (secondary N) is 2. The first-order valence-electron chi connectivity index (χ1n) is 4.38. The monoisotopic (exact) mass is 204 g/mol. The SMILES string of the molecule is CC(C)[C@H](NCCC(=O)NO)C(=O)O. The van der Waals surface area contributed by atoms with Gasteiger partial charge < -0.3 is 10.4 Å². The Hall–Kier alpha value is -1.14. The molecule has 0 saturated heterocycles. The van der Waals surface area contributed by atoms with Crippen molar-refractivity contribution in [1.29, 1.82) is 0 Å². The van der Waals surface area contributed by atoms with Gasteiger partial charge in [0.25, 0.3) is 0 Å². The second-order valence-corrected chi connectivity index (χ2v) is 3.30. The first-order valence-corrected chi connectivity index (χ1v) is 4.38. The second-order valence-electron chi connectivity index (χ2n) is 3.30. The Labute approximate surface area is 82.3 Å². The predicted octanol–water partition coefficient (Wildman–Crippen LogP) is -0.419. The third kappa shape index (κ3) is 4.78. The van der Waals surface area contributed by atoms with E-state index in [1.165, 1.54) is 5.48 Å². The van der Waals surface area contributed by atoms with Crippen molar-refractivity contribution in [2.24, 2.45) is 5.92 Å².